The van der Waals surface area contributed by atoms with E-state index in [0.29, 0.717) is 6.54 Å². The topological polar surface area (TPSA) is 98.8 Å². The van der Waals surface area contributed by atoms with E-state index in [-0.39, 0.29) is 18.7 Å². The van der Waals surface area contributed by atoms with Crippen LogP contribution in [0.15, 0.2) is 44.0 Å². The molecule has 0 saturated heterocycles. The van der Waals surface area contributed by atoms with Gasteiger partial charge in [-0.1, -0.05) is 39.0 Å². The summed E-state index contributed by atoms with van der Waals surface area (Å²) in [7, 11) is -4.04. The van der Waals surface area contributed by atoms with Crippen molar-refractivity contribution in [2.45, 2.75) is 17.9 Å². The van der Waals surface area contributed by atoms with Crippen LogP contribution in [0.5, 0.6) is 0 Å². The Morgan fingerprint density at radius 3 is 2.83 bits per heavy atom. The minimum Gasteiger partial charge on any atom is -0.477 e. The number of thiophene rings is 1. The SMILES string of the molecule is O=C(O)C[n+]1c(C=C2Sc3ccc(Br)cc3N2CCCS(=O)(=O)O)sc2sccc21. The molecule has 2 N–H and O–H groups in total. The van der Waals surface area contributed by atoms with Gasteiger partial charge in [-0.2, -0.15) is 13.0 Å². The van der Waals surface area contributed by atoms with Gasteiger partial charge in [0.15, 0.2) is 4.01 Å². The molecule has 12 heteroatoms. The fourth-order valence-corrected chi connectivity index (χ4v) is 7.34. The molecule has 0 amide bonds. The predicted octanol–water partition coefficient (Wildman–Crippen LogP) is 4.29. The molecule has 3 heterocycles. The maximum atomic E-state index is 11.4. The zero-order valence-electron chi connectivity index (χ0n) is 15.3. The summed E-state index contributed by atoms with van der Waals surface area (Å²) in [4.78, 5) is 14.4. The second-order valence-corrected chi connectivity index (χ2v) is 12.3. The van der Waals surface area contributed by atoms with E-state index < -0.39 is 16.1 Å². The smallest absolute Gasteiger partial charge is 0.370 e. The summed E-state index contributed by atoms with van der Waals surface area (Å²) in [5.41, 5.74) is 1.83. The first-order valence-corrected chi connectivity index (χ1v) is 13.7. The average molecular weight is 549 g/mol. The molecular weight excluding hydrogens is 532 g/mol. The quantitative estimate of drug-likeness (QED) is 0.336. The molecule has 0 radical (unpaired) electrons. The summed E-state index contributed by atoms with van der Waals surface area (Å²) in [5, 5.41) is 13.0. The number of thiazole rings is 1. The second-order valence-electron chi connectivity index (χ2n) is 6.50. The average Bonchev–Trinajstić information content (AvgIpc) is 3.30. The number of carboxylic acids is 1. The molecule has 158 valence electrons. The number of rotatable bonds is 7. The van der Waals surface area contributed by atoms with E-state index in [1.165, 1.54) is 11.3 Å². The number of nitrogens with zero attached hydrogens (tertiary/aromatic N) is 2. The van der Waals surface area contributed by atoms with E-state index in [1.54, 1.807) is 27.7 Å². The molecule has 0 aliphatic carbocycles. The Kier molecular flexibility index (Phi) is 6.24. The summed E-state index contributed by atoms with van der Waals surface area (Å²) >= 11 is 8.12. The van der Waals surface area contributed by atoms with Crippen molar-refractivity contribution in [3.8, 4) is 0 Å². The Morgan fingerprint density at radius 2 is 2.10 bits per heavy atom. The van der Waals surface area contributed by atoms with Crippen molar-refractivity contribution in [3.63, 3.8) is 0 Å². The molecule has 1 aromatic carbocycles. The molecule has 0 spiro atoms. The molecule has 0 fully saturated rings. The fraction of sp³-hybridized carbons (Fsp3) is 0.222. The molecule has 0 unspecified atom stereocenters. The van der Waals surface area contributed by atoms with Crippen molar-refractivity contribution in [3.05, 3.63) is 44.2 Å². The predicted molar refractivity (Wildman–Crippen MR) is 124 cm³/mol. The van der Waals surface area contributed by atoms with Crippen molar-refractivity contribution >= 4 is 87.7 Å². The van der Waals surface area contributed by atoms with Gasteiger partial charge in [-0.15, -0.1) is 11.3 Å². The zero-order valence-corrected chi connectivity index (χ0v) is 20.2. The van der Waals surface area contributed by atoms with Crippen LogP contribution in [0.2, 0.25) is 0 Å². The maximum Gasteiger partial charge on any atom is 0.370 e. The van der Waals surface area contributed by atoms with Crippen LogP contribution in [0, 0.1) is 0 Å². The van der Waals surface area contributed by atoms with Crippen LogP contribution >= 0.6 is 50.4 Å². The van der Waals surface area contributed by atoms with Crippen LogP contribution in [-0.2, 0) is 21.5 Å². The van der Waals surface area contributed by atoms with Crippen molar-refractivity contribution < 1.29 is 27.4 Å². The molecular formula is C18H16BrN2O5S4+. The van der Waals surface area contributed by atoms with Crippen molar-refractivity contribution in [2.75, 3.05) is 17.2 Å². The normalized spacial score (nSPS) is 15.3. The molecule has 7 nitrogen and oxygen atoms in total. The third-order valence-corrected chi connectivity index (χ3v) is 8.97. The summed E-state index contributed by atoms with van der Waals surface area (Å²) in [6.45, 7) is 0.266. The van der Waals surface area contributed by atoms with Crippen LogP contribution in [0.4, 0.5) is 5.69 Å². The molecule has 30 heavy (non-hydrogen) atoms. The highest BCUT2D eigenvalue weighted by atomic mass is 79.9. The number of hydrogen-bond donors (Lipinski definition) is 2. The van der Waals surface area contributed by atoms with Crippen LogP contribution in [0.1, 0.15) is 11.4 Å². The van der Waals surface area contributed by atoms with Gasteiger partial charge in [-0.25, -0.2) is 4.79 Å². The standard InChI is InChI=1S/C18H15BrN2O5S4/c19-11-2-3-14-13(8-11)20(5-1-7-30(24,25)26)15(28-14)9-16-21(10-17(22)23)12-4-6-27-18(12)29-16/h2-4,6,8-9H,1,5,7,10H2,(H-,22,23,24,25,26)/p+1. The number of benzene rings is 1. The fourth-order valence-electron chi connectivity index (χ4n) is 3.16. The number of aliphatic carboxylic acids is 1. The Bertz CT molecular complexity index is 1260. The Hall–Kier alpha value is -1.44. The van der Waals surface area contributed by atoms with Gasteiger partial charge < -0.3 is 10.0 Å². The number of thioether (sulfide) groups is 1. The van der Waals surface area contributed by atoms with Crippen LogP contribution < -0.4 is 9.47 Å². The van der Waals surface area contributed by atoms with Crippen LogP contribution in [-0.4, -0.2) is 36.3 Å². The van der Waals surface area contributed by atoms with Gasteiger partial charge in [0.05, 0.1) is 22.5 Å². The summed E-state index contributed by atoms with van der Waals surface area (Å²) in [6.07, 6.45) is 2.21. The highest BCUT2D eigenvalue weighted by molar-refractivity contribution is 9.10. The lowest BCUT2D eigenvalue weighted by Crippen LogP contribution is -2.39. The molecule has 1 aliphatic heterocycles. The third-order valence-electron chi connectivity index (χ3n) is 4.38. The molecule has 3 aromatic rings. The number of anilines is 1. The highest BCUT2D eigenvalue weighted by Gasteiger charge is 2.29. The number of carbonyl (C=O) groups is 1. The molecule has 4 rings (SSSR count). The zero-order chi connectivity index (χ0) is 21.5. The largest absolute Gasteiger partial charge is 0.477 e. The second kappa shape index (κ2) is 8.60. The molecule has 0 bridgehead atoms. The minimum absolute atomic E-state index is 0.137. The third kappa shape index (κ3) is 4.73. The first-order valence-electron chi connectivity index (χ1n) is 8.75. The first-order chi connectivity index (χ1) is 14.2. The number of halogens is 1. The molecule has 0 atom stereocenters. The molecule has 2 aromatic heterocycles. The summed E-state index contributed by atoms with van der Waals surface area (Å²) < 4.78 is 35.1. The van der Waals surface area contributed by atoms with Crippen LogP contribution in [0.3, 0.4) is 0 Å². The van der Waals surface area contributed by atoms with Crippen molar-refractivity contribution in [2.24, 2.45) is 0 Å². The van der Waals surface area contributed by atoms with Crippen molar-refractivity contribution in [1.82, 2.24) is 0 Å². The summed E-state index contributed by atoms with van der Waals surface area (Å²) in [6, 6.07) is 7.81. The van der Waals surface area contributed by atoms with Gasteiger partial charge in [0, 0.05) is 22.0 Å². The maximum absolute atomic E-state index is 11.4. The lowest BCUT2D eigenvalue weighted by Gasteiger charge is -2.20. The monoisotopic (exact) mass is 547 g/mol. The Balaban J connectivity index is 1.73. The number of carboxylic acid groups (broad SMARTS) is 1. The summed E-state index contributed by atoms with van der Waals surface area (Å²) in [5.74, 6) is -1.24. The van der Waals surface area contributed by atoms with Gasteiger partial charge in [-0.3, -0.25) is 4.55 Å². The number of aromatic nitrogens is 1. The number of hydrogen-bond acceptors (Lipinski definition) is 7. The van der Waals surface area contributed by atoms with E-state index in [1.807, 2.05) is 40.6 Å². The van der Waals surface area contributed by atoms with Gasteiger partial charge in [-0.05, 0) is 30.0 Å². The van der Waals surface area contributed by atoms with E-state index in [2.05, 4.69) is 15.9 Å². The van der Waals surface area contributed by atoms with E-state index in [4.69, 9.17) is 4.55 Å². The lowest BCUT2D eigenvalue weighted by atomic mass is 10.3. The van der Waals surface area contributed by atoms with Gasteiger partial charge >= 0.3 is 5.97 Å². The number of fused-ring (bicyclic) bond motifs is 2. The minimum atomic E-state index is -4.04. The first kappa shape index (κ1) is 21.8. The highest BCUT2D eigenvalue weighted by Crippen LogP contribution is 2.48. The molecule has 1 aliphatic rings. The Labute approximate surface area is 193 Å². The van der Waals surface area contributed by atoms with Gasteiger partial charge in [0.25, 0.3) is 15.1 Å². The Morgan fingerprint density at radius 1 is 1.30 bits per heavy atom. The van der Waals surface area contributed by atoms with E-state index in [9.17, 15) is 18.3 Å². The molecule has 0 saturated carbocycles. The van der Waals surface area contributed by atoms with E-state index in [0.717, 1.165) is 34.6 Å². The lowest BCUT2D eigenvalue weighted by molar-refractivity contribution is -0.657. The van der Waals surface area contributed by atoms with Crippen LogP contribution in [0.25, 0.3) is 15.6 Å². The van der Waals surface area contributed by atoms with Crippen molar-refractivity contribution in [1.29, 1.82) is 0 Å². The van der Waals surface area contributed by atoms with Gasteiger partial charge in [0.2, 0.25) is 12.1 Å². The van der Waals surface area contributed by atoms with Gasteiger partial charge in [0.1, 0.15) is 0 Å². The van der Waals surface area contributed by atoms with E-state index >= 15 is 0 Å².